The van der Waals surface area contributed by atoms with Crippen LogP contribution in [0.4, 0.5) is 0 Å². The molecule has 2 rings (SSSR count). The average Bonchev–Trinajstić information content (AvgIpc) is 2.67. The topological polar surface area (TPSA) is 56.8 Å². The van der Waals surface area contributed by atoms with Gasteiger partial charge in [0.1, 0.15) is 23.9 Å². The largest absolute Gasteiger partial charge is 0.497 e. The second kappa shape index (κ2) is 10.1. The number of carbonyl (C=O) groups is 1. The van der Waals surface area contributed by atoms with E-state index in [9.17, 15) is 4.79 Å². The first-order valence-electron chi connectivity index (χ1n) is 8.93. The lowest BCUT2D eigenvalue weighted by Gasteiger charge is -2.21. The van der Waals surface area contributed by atoms with Crippen LogP contribution in [-0.4, -0.2) is 31.8 Å². The highest BCUT2D eigenvalue weighted by molar-refractivity contribution is 6.31. The molecule has 1 amide bonds. The van der Waals surface area contributed by atoms with Crippen molar-refractivity contribution in [2.24, 2.45) is 0 Å². The molecule has 0 aromatic heterocycles. The maximum atomic E-state index is 12.5. The number of carbonyl (C=O) groups excluding carboxylic acids is 1. The molecule has 2 atom stereocenters. The van der Waals surface area contributed by atoms with Gasteiger partial charge in [-0.3, -0.25) is 4.79 Å². The number of hydrogen-bond acceptors (Lipinski definition) is 4. The summed E-state index contributed by atoms with van der Waals surface area (Å²) < 4.78 is 16.6. The number of benzene rings is 2. The molecular weight excluding hydrogens is 366 g/mol. The lowest BCUT2D eigenvalue weighted by molar-refractivity contribution is -0.128. The van der Waals surface area contributed by atoms with Gasteiger partial charge in [-0.05, 0) is 68.3 Å². The van der Waals surface area contributed by atoms with Crippen molar-refractivity contribution >= 4 is 17.5 Å². The van der Waals surface area contributed by atoms with Crippen molar-refractivity contribution < 1.29 is 19.0 Å². The fourth-order valence-corrected chi connectivity index (χ4v) is 2.57. The first-order valence-corrected chi connectivity index (χ1v) is 9.30. The Morgan fingerprint density at radius 2 is 1.74 bits per heavy atom. The molecule has 27 heavy (non-hydrogen) atoms. The van der Waals surface area contributed by atoms with Crippen molar-refractivity contribution in [3.63, 3.8) is 0 Å². The van der Waals surface area contributed by atoms with Crippen molar-refractivity contribution in [1.82, 2.24) is 5.32 Å². The standard InChI is InChI=1S/C21H26ClNO4/c1-5-20(27-18-10-11-19(22)14(2)12-18)21(24)23-15(3)13-26-17-8-6-16(25-4)7-9-17/h6-12,15,20H,5,13H2,1-4H3,(H,23,24)/t15-,20+/m0/s1. The highest BCUT2D eigenvalue weighted by Crippen LogP contribution is 2.22. The molecule has 0 bridgehead atoms. The molecule has 0 fully saturated rings. The van der Waals surface area contributed by atoms with Crippen molar-refractivity contribution in [3.8, 4) is 17.2 Å². The van der Waals surface area contributed by atoms with E-state index >= 15 is 0 Å². The minimum Gasteiger partial charge on any atom is -0.497 e. The van der Waals surface area contributed by atoms with Crippen LogP contribution in [0.1, 0.15) is 25.8 Å². The van der Waals surface area contributed by atoms with Gasteiger partial charge in [0.15, 0.2) is 6.10 Å². The number of amides is 1. The lowest BCUT2D eigenvalue weighted by atomic mass is 10.2. The monoisotopic (exact) mass is 391 g/mol. The van der Waals surface area contributed by atoms with E-state index in [0.717, 1.165) is 17.1 Å². The summed E-state index contributed by atoms with van der Waals surface area (Å²) in [6, 6.07) is 12.5. The second-order valence-electron chi connectivity index (χ2n) is 6.32. The minimum absolute atomic E-state index is 0.163. The first kappa shape index (κ1) is 20.9. The van der Waals surface area contributed by atoms with Crippen LogP contribution < -0.4 is 19.5 Å². The number of ether oxygens (including phenoxy) is 3. The maximum Gasteiger partial charge on any atom is 0.261 e. The summed E-state index contributed by atoms with van der Waals surface area (Å²) in [5.74, 6) is 1.94. The van der Waals surface area contributed by atoms with E-state index in [4.69, 9.17) is 25.8 Å². The van der Waals surface area contributed by atoms with E-state index in [1.807, 2.05) is 51.1 Å². The molecular formula is C21H26ClNO4. The SMILES string of the molecule is CC[C@@H](Oc1ccc(Cl)c(C)c1)C(=O)N[C@@H](C)COc1ccc(OC)cc1. The highest BCUT2D eigenvalue weighted by atomic mass is 35.5. The summed E-state index contributed by atoms with van der Waals surface area (Å²) in [6.45, 7) is 6.05. The van der Waals surface area contributed by atoms with Gasteiger partial charge in [0.2, 0.25) is 0 Å². The van der Waals surface area contributed by atoms with Crippen LogP contribution in [0.2, 0.25) is 5.02 Å². The van der Waals surface area contributed by atoms with Gasteiger partial charge in [-0.15, -0.1) is 0 Å². The Kier molecular flexibility index (Phi) is 7.80. The van der Waals surface area contributed by atoms with Crippen LogP contribution in [0, 0.1) is 6.92 Å². The molecule has 0 saturated carbocycles. The Morgan fingerprint density at radius 1 is 1.11 bits per heavy atom. The van der Waals surface area contributed by atoms with E-state index in [-0.39, 0.29) is 11.9 Å². The van der Waals surface area contributed by atoms with Gasteiger partial charge in [0, 0.05) is 5.02 Å². The van der Waals surface area contributed by atoms with Gasteiger partial charge in [-0.1, -0.05) is 18.5 Å². The molecule has 0 aliphatic rings. The third kappa shape index (κ3) is 6.36. The number of hydrogen-bond donors (Lipinski definition) is 1. The zero-order valence-electron chi connectivity index (χ0n) is 16.1. The minimum atomic E-state index is -0.575. The number of aryl methyl sites for hydroxylation is 1. The lowest BCUT2D eigenvalue weighted by Crippen LogP contribution is -2.44. The van der Waals surface area contributed by atoms with Crippen molar-refractivity contribution in [1.29, 1.82) is 0 Å². The zero-order chi connectivity index (χ0) is 19.8. The van der Waals surface area contributed by atoms with E-state index in [1.54, 1.807) is 19.2 Å². The summed E-state index contributed by atoms with van der Waals surface area (Å²) in [6.07, 6.45) is -0.0199. The molecule has 2 aromatic rings. The van der Waals surface area contributed by atoms with Crippen molar-refractivity contribution in [2.45, 2.75) is 39.3 Å². The summed E-state index contributed by atoms with van der Waals surface area (Å²) in [5.41, 5.74) is 0.908. The van der Waals surface area contributed by atoms with Crippen LogP contribution in [0.25, 0.3) is 0 Å². The van der Waals surface area contributed by atoms with E-state index in [2.05, 4.69) is 5.32 Å². The zero-order valence-corrected chi connectivity index (χ0v) is 16.9. The number of methoxy groups -OCH3 is 1. The predicted molar refractivity (Wildman–Crippen MR) is 107 cm³/mol. The summed E-state index contributed by atoms with van der Waals surface area (Å²) >= 11 is 6.03. The summed E-state index contributed by atoms with van der Waals surface area (Å²) in [7, 11) is 1.62. The molecule has 0 unspecified atom stereocenters. The van der Waals surface area contributed by atoms with Gasteiger partial charge in [0.25, 0.3) is 5.91 Å². The quantitative estimate of drug-likeness (QED) is 0.688. The molecule has 0 aliphatic carbocycles. The molecule has 146 valence electrons. The fraction of sp³-hybridized carbons (Fsp3) is 0.381. The third-order valence-electron chi connectivity index (χ3n) is 4.02. The molecule has 0 saturated heterocycles. The molecule has 0 spiro atoms. The van der Waals surface area contributed by atoms with E-state index < -0.39 is 6.10 Å². The van der Waals surface area contributed by atoms with Crippen LogP contribution in [0.5, 0.6) is 17.2 Å². The third-order valence-corrected chi connectivity index (χ3v) is 4.44. The van der Waals surface area contributed by atoms with Crippen LogP contribution in [-0.2, 0) is 4.79 Å². The van der Waals surface area contributed by atoms with E-state index in [0.29, 0.717) is 23.8 Å². The predicted octanol–water partition coefficient (Wildman–Crippen LogP) is 4.40. The average molecular weight is 392 g/mol. The number of nitrogens with one attached hydrogen (secondary N) is 1. The Hall–Kier alpha value is -2.40. The molecule has 0 heterocycles. The Bertz CT molecular complexity index is 748. The first-order chi connectivity index (χ1) is 12.9. The van der Waals surface area contributed by atoms with Gasteiger partial charge in [-0.25, -0.2) is 0 Å². The normalized spacial score (nSPS) is 12.8. The molecule has 0 radical (unpaired) electrons. The van der Waals surface area contributed by atoms with E-state index in [1.165, 1.54) is 0 Å². The second-order valence-corrected chi connectivity index (χ2v) is 6.73. The van der Waals surface area contributed by atoms with Gasteiger partial charge >= 0.3 is 0 Å². The Labute approximate surface area is 165 Å². The number of halogens is 1. The van der Waals surface area contributed by atoms with Gasteiger partial charge in [0.05, 0.1) is 13.2 Å². The molecule has 1 N–H and O–H groups in total. The molecule has 2 aromatic carbocycles. The Morgan fingerprint density at radius 3 is 2.33 bits per heavy atom. The number of rotatable bonds is 9. The highest BCUT2D eigenvalue weighted by Gasteiger charge is 2.20. The van der Waals surface area contributed by atoms with Crippen molar-refractivity contribution in [3.05, 3.63) is 53.1 Å². The summed E-state index contributed by atoms with van der Waals surface area (Å²) in [4.78, 5) is 12.5. The van der Waals surface area contributed by atoms with Gasteiger partial charge < -0.3 is 19.5 Å². The molecule has 5 nitrogen and oxygen atoms in total. The molecule has 0 aliphatic heterocycles. The van der Waals surface area contributed by atoms with Crippen LogP contribution in [0.15, 0.2) is 42.5 Å². The van der Waals surface area contributed by atoms with Crippen molar-refractivity contribution in [2.75, 3.05) is 13.7 Å². The fourth-order valence-electron chi connectivity index (χ4n) is 2.45. The molecule has 6 heteroatoms. The van der Waals surface area contributed by atoms with Crippen LogP contribution >= 0.6 is 11.6 Å². The van der Waals surface area contributed by atoms with Crippen LogP contribution in [0.3, 0.4) is 0 Å². The maximum absolute atomic E-state index is 12.5. The smallest absolute Gasteiger partial charge is 0.261 e. The summed E-state index contributed by atoms with van der Waals surface area (Å²) in [5, 5.41) is 3.60. The Balaban J connectivity index is 1.85. The van der Waals surface area contributed by atoms with Gasteiger partial charge in [-0.2, -0.15) is 0 Å².